The fourth-order valence-electron chi connectivity index (χ4n) is 4.39. The summed E-state index contributed by atoms with van der Waals surface area (Å²) in [5, 5.41) is 15.6. The van der Waals surface area contributed by atoms with Crippen LogP contribution < -0.4 is 10.6 Å². The average molecular weight is 442 g/mol. The maximum absolute atomic E-state index is 13.2. The molecule has 3 heterocycles. The molecule has 7 nitrogen and oxygen atoms in total. The van der Waals surface area contributed by atoms with E-state index in [1.165, 1.54) is 0 Å². The van der Waals surface area contributed by atoms with Gasteiger partial charge in [-0.05, 0) is 47.9 Å². The minimum atomic E-state index is -1.26. The molecule has 1 spiro atoms. The van der Waals surface area contributed by atoms with E-state index in [0.717, 1.165) is 5.56 Å². The molecular formula is C21H17Cl2N5O2. The largest absolute Gasteiger partial charge is 0.325 e. The highest BCUT2D eigenvalue weighted by atomic mass is 35.5. The highest BCUT2D eigenvalue weighted by Crippen LogP contribution is 2.50. The molecule has 3 aromatic rings. The number of anilines is 2. The third kappa shape index (κ3) is 2.66. The molecule has 0 bridgehead atoms. The summed E-state index contributed by atoms with van der Waals surface area (Å²) in [5.41, 5.74) is 1.41. The van der Waals surface area contributed by atoms with Crippen molar-refractivity contribution < 1.29 is 9.59 Å². The second-order valence-electron chi connectivity index (χ2n) is 7.48. The van der Waals surface area contributed by atoms with Gasteiger partial charge >= 0.3 is 0 Å². The first-order valence-corrected chi connectivity index (χ1v) is 10.3. The summed E-state index contributed by atoms with van der Waals surface area (Å²) in [6.45, 7) is 2.02. The number of halogens is 2. The Balaban J connectivity index is 1.70. The molecule has 0 saturated carbocycles. The molecule has 2 N–H and O–H groups in total. The van der Waals surface area contributed by atoms with Crippen molar-refractivity contribution in [3.63, 3.8) is 0 Å². The average Bonchev–Trinajstić information content (AvgIpc) is 3.25. The smallest absolute Gasteiger partial charge is 0.241 e. The second-order valence-corrected chi connectivity index (χ2v) is 8.35. The minimum absolute atomic E-state index is 0.0599. The number of hydrogen-bond donors (Lipinski definition) is 2. The van der Waals surface area contributed by atoms with E-state index in [1.807, 2.05) is 31.2 Å². The molecule has 2 aliphatic rings. The summed E-state index contributed by atoms with van der Waals surface area (Å²) in [4.78, 5) is 25.9. The van der Waals surface area contributed by atoms with Crippen molar-refractivity contribution in [3.05, 3.63) is 69.3 Å². The van der Waals surface area contributed by atoms with Crippen LogP contribution in [0, 0.1) is 0 Å². The molecule has 2 aromatic carbocycles. The van der Waals surface area contributed by atoms with Crippen LogP contribution in [0.25, 0.3) is 0 Å². The Bertz CT molecular complexity index is 1190. The van der Waals surface area contributed by atoms with Crippen LogP contribution in [-0.4, -0.2) is 26.8 Å². The summed E-state index contributed by atoms with van der Waals surface area (Å²) >= 11 is 12.2. The van der Waals surface area contributed by atoms with E-state index in [0.29, 0.717) is 39.2 Å². The van der Waals surface area contributed by atoms with Crippen LogP contribution in [0.4, 0.5) is 11.5 Å². The summed E-state index contributed by atoms with van der Waals surface area (Å²) in [6, 6.07) is 12.4. The molecule has 2 aliphatic heterocycles. The molecular weight excluding hydrogens is 425 g/mol. The monoisotopic (exact) mass is 441 g/mol. The number of rotatable bonds is 3. The molecule has 2 amide bonds. The van der Waals surface area contributed by atoms with Gasteiger partial charge in [0.05, 0.1) is 12.5 Å². The normalized spacial score (nSPS) is 20.5. The van der Waals surface area contributed by atoms with Crippen molar-refractivity contribution in [2.75, 3.05) is 10.6 Å². The first kappa shape index (κ1) is 19.1. The first-order valence-electron chi connectivity index (χ1n) is 9.56. The predicted octanol–water partition coefficient (Wildman–Crippen LogP) is 4.16. The van der Waals surface area contributed by atoms with E-state index in [1.54, 1.807) is 22.9 Å². The van der Waals surface area contributed by atoms with E-state index < -0.39 is 5.41 Å². The van der Waals surface area contributed by atoms with Crippen molar-refractivity contribution >= 4 is 46.5 Å². The highest BCUT2D eigenvalue weighted by molar-refractivity contribution is 6.31. The number of hydrogen-bond acceptors (Lipinski definition) is 4. The van der Waals surface area contributed by atoms with Gasteiger partial charge in [-0.2, -0.15) is 0 Å². The molecule has 9 heteroatoms. The van der Waals surface area contributed by atoms with Crippen LogP contribution in [0.2, 0.25) is 10.0 Å². The summed E-state index contributed by atoms with van der Waals surface area (Å²) in [5.74, 6) is -0.154. The molecule has 0 radical (unpaired) electrons. The van der Waals surface area contributed by atoms with Crippen molar-refractivity contribution in [1.82, 2.24) is 15.0 Å². The Morgan fingerprint density at radius 3 is 2.57 bits per heavy atom. The Morgan fingerprint density at radius 1 is 1.10 bits per heavy atom. The van der Waals surface area contributed by atoms with Crippen LogP contribution in [0.3, 0.4) is 0 Å². The number of benzene rings is 2. The molecule has 0 aliphatic carbocycles. The van der Waals surface area contributed by atoms with Crippen LogP contribution in [-0.2, 0) is 15.0 Å². The maximum atomic E-state index is 13.2. The van der Waals surface area contributed by atoms with E-state index in [9.17, 15) is 9.59 Å². The van der Waals surface area contributed by atoms with Gasteiger partial charge < -0.3 is 10.6 Å². The SMILES string of the molecule is CCC(c1ccc(Cl)cc1)n1nnc2c1NC(=O)CC21C(=O)Nc2ccc(Cl)cc21. The van der Waals surface area contributed by atoms with Crippen LogP contribution in [0.1, 0.15) is 42.6 Å². The minimum Gasteiger partial charge on any atom is -0.325 e. The van der Waals surface area contributed by atoms with Crippen LogP contribution in [0.5, 0.6) is 0 Å². The molecule has 5 rings (SSSR count). The first-order chi connectivity index (χ1) is 14.4. The Labute approximate surface area is 182 Å². The van der Waals surface area contributed by atoms with Gasteiger partial charge in [0.25, 0.3) is 0 Å². The second kappa shape index (κ2) is 6.82. The van der Waals surface area contributed by atoms with Gasteiger partial charge in [-0.25, -0.2) is 4.68 Å². The number of amides is 2. The number of carbonyl (C=O) groups excluding carboxylic acids is 2. The van der Waals surface area contributed by atoms with Gasteiger partial charge in [-0.15, -0.1) is 5.10 Å². The lowest BCUT2D eigenvalue weighted by Gasteiger charge is -2.31. The van der Waals surface area contributed by atoms with Crippen LogP contribution >= 0.6 is 23.2 Å². The van der Waals surface area contributed by atoms with Crippen molar-refractivity contribution in [2.24, 2.45) is 0 Å². The molecule has 0 fully saturated rings. The van der Waals surface area contributed by atoms with Gasteiger partial charge in [0.15, 0.2) is 5.82 Å². The fraction of sp³-hybridized carbons (Fsp3) is 0.238. The van der Waals surface area contributed by atoms with Crippen molar-refractivity contribution in [3.8, 4) is 0 Å². The Hall–Kier alpha value is -2.90. The Kier molecular flexibility index (Phi) is 4.34. The third-order valence-electron chi connectivity index (χ3n) is 5.80. The molecule has 2 atom stereocenters. The molecule has 1 aromatic heterocycles. The number of carbonyl (C=O) groups is 2. The third-order valence-corrected chi connectivity index (χ3v) is 6.28. The van der Waals surface area contributed by atoms with Gasteiger partial charge in [0, 0.05) is 15.7 Å². The zero-order valence-corrected chi connectivity index (χ0v) is 17.5. The lowest BCUT2D eigenvalue weighted by Crippen LogP contribution is -2.44. The fourth-order valence-corrected chi connectivity index (χ4v) is 4.69. The van der Waals surface area contributed by atoms with Crippen molar-refractivity contribution in [1.29, 1.82) is 0 Å². The lowest BCUT2D eigenvalue weighted by atomic mass is 9.74. The molecule has 2 unspecified atom stereocenters. The summed E-state index contributed by atoms with van der Waals surface area (Å²) in [7, 11) is 0. The lowest BCUT2D eigenvalue weighted by molar-refractivity contribution is -0.125. The van der Waals surface area contributed by atoms with Crippen LogP contribution in [0.15, 0.2) is 42.5 Å². The van der Waals surface area contributed by atoms with Gasteiger partial charge in [0.1, 0.15) is 11.1 Å². The zero-order chi connectivity index (χ0) is 21.0. The summed E-state index contributed by atoms with van der Waals surface area (Å²) < 4.78 is 1.67. The number of fused-ring (bicyclic) bond motifs is 4. The number of aromatic nitrogens is 3. The van der Waals surface area contributed by atoms with E-state index >= 15 is 0 Å². The van der Waals surface area contributed by atoms with Gasteiger partial charge in [-0.1, -0.05) is 47.5 Å². The quantitative estimate of drug-likeness (QED) is 0.638. The number of nitrogens with one attached hydrogen (secondary N) is 2. The van der Waals surface area contributed by atoms with E-state index in [4.69, 9.17) is 23.2 Å². The predicted molar refractivity (Wildman–Crippen MR) is 114 cm³/mol. The molecule has 0 saturated heterocycles. The zero-order valence-electron chi connectivity index (χ0n) is 15.9. The standard InChI is InChI=1S/C21H17Cl2N5O2/c1-2-16(11-3-5-12(22)6-4-11)28-19-18(26-27-28)21(10-17(29)25-19)14-9-13(23)7-8-15(14)24-20(21)30/h3-9,16H,2,10H2,1H3,(H,24,30)(H,25,29). The van der Waals surface area contributed by atoms with Gasteiger partial charge in [0.2, 0.25) is 11.8 Å². The molecule has 30 heavy (non-hydrogen) atoms. The maximum Gasteiger partial charge on any atom is 0.241 e. The number of nitrogens with zero attached hydrogens (tertiary/aromatic N) is 3. The van der Waals surface area contributed by atoms with E-state index in [-0.39, 0.29) is 24.3 Å². The molecule has 152 valence electrons. The topological polar surface area (TPSA) is 88.9 Å². The Morgan fingerprint density at radius 2 is 1.83 bits per heavy atom. The van der Waals surface area contributed by atoms with E-state index in [2.05, 4.69) is 20.9 Å². The summed E-state index contributed by atoms with van der Waals surface area (Å²) in [6.07, 6.45) is 0.643. The van der Waals surface area contributed by atoms with Gasteiger partial charge in [-0.3, -0.25) is 9.59 Å². The highest BCUT2D eigenvalue weighted by Gasteiger charge is 2.56. The van der Waals surface area contributed by atoms with Crippen molar-refractivity contribution in [2.45, 2.75) is 31.2 Å².